The van der Waals surface area contributed by atoms with Crippen molar-refractivity contribution >= 4 is 21.8 Å². The van der Waals surface area contributed by atoms with Gasteiger partial charge in [0.2, 0.25) is 5.91 Å². The van der Waals surface area contributed by atoms with Crippen LogP contribution < -0.4 is 5.32 Å². The highest BCUT2D eigenvalue weighted by atomic mass is 79.9. The Labute approximate surface area is 117 Å². The average Bonchev–Trinajstić information content (AvgIpc) is 2.89. The molecule has 0 bridgehead atoms. The van der Waals surface area contributed by atoms with Gasteiger partial charge in [0.15, 0.2) is 0 Å². The minimum Gasteiger partial charge on any atom is -0.342 e. The first-order valence-corrected chi connectivity index (χ1v) is 7.23. The van der Waals surface area contributed by atoms with E-state index in [4.69, 9.17) is 0 Å². The van der Waals surface area contributed by atoms with Crippen molar-refractivity contribution in [2.24, 2.45) is 0 Å². The Balaban J connectivity index is 1.84. The summed E-state index contributed by atoms with van der Waals surface area (Å²) < 4.78 is 1.07. The lowest BCUT2D eigenvalue weighted by molar-refractivity contribution is -0.129. The SMILES string of the molecule is C[C@H](NCC(=O)N1CCCC1)c1cccc(Br)c1. The van der Waals surface area contributed by atoms with Crippen LogP contribution in [0.3, 0.4) is 0 Å². The molecule has 4 heteroatoms. The summed E-state index contributed by atoms with van der Waals surface area (Å²) in [5.41, 5.74) is 1.19. The molecule has 0 saturated carbocycles. The highest BCUT2D eigenvalue weighted by Crippen LogP contribution is 2.17. The molecular formula is C14H19BrN2O. The van der Waals surface area contributed by atoms with Gasteiger partial charge in [-0.2, -0.15) is 0 Å². The topological polar surface area (TPSA) is 32.3 Å². The van der Waals surface area contributed by atoms with Gasteiger partial charge in [-0.15, -0.1) is 0 Å². The van der Waals surface area contributed by atoms with Crippen LogP contribution in [-0.2, 0) is 4.79 Å². The van der Waals surface area contributed by atoms with Gasteiger partial charge < -0.3 is 10.2 Å². The summed E-state index contributed by atoms with van der Waals surface area (Å²) in [7, 11) is 0. The van der Waals surface area contributed by atoms with Gasteiger partial charge in [0.1, 0.15) is 0 Å². The molecule has 1 aromatic carbocycles. The highest BCUT2D eigenvalue weighted by Gasteiger charge is 2.18. The largest absolute Gasteiger partial charge is 0.342 e. The summed E-state index contributed by atoms with van der Waals surface area (Å²) in [6.07, 6.45) is 2.29. The van der Waals surface area contributed by atoms with Gasteiger partial charge in [-0.3, -0.25) is 4.79 Å². The summed E-state index contributed by atoms with van der Waals surface area (Å²) >= 11 is 3.46. The monoisotopic (exact) mass is 310 g/mol. The van der Waals surface area contributed by atoms with Crippen LogP contribution in [0.5, 0.6) is 0 Å². The van der Waals surface area contributed by atoms with E-state index in [-0.39, 0.29) is 11.9 Å². The Morgan fingerprint density at radius 1 is 1.44 bits per heavy atom. The standard InChI is InChI=1S/C14H19BrN2O/c1-11(12-5-4-6-13(15)9-12)16-10-14(18)17-7-2-3-8-17/h4-6,9,11,16H,2-3,7-8,10H2,1H3/t11-/m0/s1. The zero-order valence-electron chi connectivity index (χ0n) is 10.7. The van der Waals surface area contributed by atoms with Crippen LogP contribution in [0.1, 0.15) is 31.4 Å². The van der Waals surface area contributed by atoms with E-state index in [1.165, 1.54) is 5.56 Å². The van der Waals surface area contributed by atoms with E-state index >= 15 is 0 Å². The van der Waals surface area contributed by atoms with Crippen LogP contribution in [0.4, 0.5) is 0 Å². The van der Waals surface area contributed by atoms with E-state index in [2.05, 4.69) is 40.3 Å². The second-order valence-electron chi connectivity index (χ2n) is 4.75. The van der Waals surface area contributed by atoms with Crippen LogP contribution in [0.25, 0.3) is 0 Å². The summed E-state index contributed by atoms with van der Waals surface area (Å²) in [5, 5.41) is 3.29. The van der Waals surface area contributed by atoms with Crippen molar-refractivity contribution in [1.82, 2.24) is 10.2 Å². The van der Waals surface area contributed by atoms with Crippen molar-refractivity contribution in [3.05, 3.63) is 34.3 Å². The molecule has 1 aromatic rings. The predicted molar refractivity (Wildman–Crippen MR) is 76.4 cm³/mol. The number of hydrogen-bond acceptors (Lipinski definition) is 2. The number of halogens is 1. The normalized spacial score (nSPS) is 16.9. The first kappa shape index (κ1) is 13.6. The number of hydrogen-bond donors (Lipinski definition) is 1. The fourth-order valence-corrected chi connectivity index (χ4v) is 2.63. The third-order valence-corrected chi connectivity index (χ3v) is 3.86. The van der Waals surface area contributed by atoms with Crippen molar-refractivity contribution in [3.8, 4) is 0 Å². The molecule has 0 aromatic heterocycles. The average molecular weight is 311 g/mol. The number of benzene rings is 1. The molecule has 98 valence electrons. The molecule has 1 saturated heterocycles. The molecule has 2 rings (SSSR count). The summed E-state index contributed by atoms with van der Waals surface area (Å²) in [6.45, 7) is 4.35. The molecule has 0 aliphatic carbocycles. The van der Waals surface area contributed by atoms with Crippen LogP contribution in [-0.4, -0.2) is 30.4 Å². The van der Waals surface area contributed by atoms with Gasteiger partial charge in [-0.25, -0.2) is 0 Å². The maximum atomic E-state index is 11.9. The number of carbonyl (C=O) groups excluding carboxylic acids is 1. The number of carbonyl (C=O) groups is 1. The predicted octanol–water partition coefficient (Wildman–Crippen LogP) is 2.72. The molecule has 1 atom stereocenters. The lowest BCUT2D eigenvalue weighted by Crippen LogP contribution is -2.37. The number of nitrogens with zero attached hydrogens (tertiary/aromatic N) is 1. The Hall–Kier alpha value is -0.870. The summed E-state index contributed by atoms with van der Waals surface area (Å²) in [4.78, 5) is 13.8. The molecular weight excluding hydrogens is 292 g/mol. The fraction of sp³-hybridized carbons (Fsp3) is 0.500. The number of likely N-dealkylation sites (tertiary alicyclic amines) is 1. The van der Waals surface area contributed by atoms with E-state index in [0.29, 0.717) is 6.54 Å². The highest BCUT2D eigenvalue weighted by molar-refractivity contribution is 9.10. The maximum Gasteiger partial charge on any atom is 0.236 e. The van der Waals surface area contributed by atoms with Gasteiger partial charge in [0, 0.05) is 23.6 Å². The van der Waals surface area contributed by atoms with Crippen LogP contribution in [0, 0.1) is 0 Å². The molecule has 0 unspecified atom stereocenters. The summed E-state index contributed by atoms with van der Waals surface area (Å²) in [5.74, 6) is 0.217. The minimum absolute atomic E-state index is 0.189. The van der Waals surface area contributed by atoms with Gasteiger partial charge in [0.05, 0.1) is 6.54 Å². The molecule has 18 heavy (non-hydrogen) atoms. The first-order chi connectivity index (χ1) is 8.66. The van der Waals surface area contributed by atoms with Crippen LogP contribution in [0.15, 0.2) is 28.7 Å². The van der Waals surface area contributed by atoms with Gasteiger partial charge in [0.25, 0.3) is 0 Å². The first-order valence-electron chi connectivity index (χ1n) is 6.43. The molecule has 0 radical (unpaired) electrons. The minimum atomic E-state index is 0.189. The molecule has 3 nitrogen and oxygen atoms in total. The maximum absolute atomic E-state index is 11.9. The third kappa shape index (κ3) is 3.56. The van der Waals surface area contributed by atoms with Crippen molar-refractivity contribution in [2.45, 2.75) is 25.8 Å². The Bertz CT molecular complexity index is 416. The van der Waals surface area contributed by atoms with E-state index in [0.717, 1.165) is 30.4 Å². The van der Waals surface area contributed by atoms with Crippen molar-refractivity contribution in [2.75, 3.05) is 19.6 Å². The zero-order chi connectivity index (χ0) is 13.0. The van der Waals surface area contributed by atoms with E-state index in [1.807, 2.05) is 17.0 Å². The number of rotatable bonds is 4. The Morgan fingerprint density at radius 2 is 2.17 bits per heavy atom. The van der Waals surface area contributed by atoms with Crippen molar-refractivity contribution < 1.29 is 4.79 Å². The smallest absolute Gasteiger partial charge is 0.236 e. The molecule has 1 fully saturated rings. The number of amides is 1. The van der Waals surface area contributed by atoms with E-state index in [9.17, 15) is 4.79 Å². The van der Waals surface area contributed by atoms with Crippen molar-refractivity contribution in [1.29, 1.82) is 0 Å². The second kappa shape index (κ2) is 6.34. The van der Waals surface area contributed by atoms with Gasteiger partial charge in [-0.1, -0.05) is 28.1 Å². The lowest BCUT2D eigenvalue weighted by Gasteiger charge is -2.18. The van der Waals surface area contributed by atoms with Gasteiger partial charge >= 0.3 is 0 Å². The van der Waals surface area contributed by atoms with Crippen molar-refractivity contribution in [3.63, 3.8) is 0 Å². The van der Waals surface area contributed by atoms with Crippen LogP contribution in [0.2, 0.25) is 0 Å². The second-order valence-corrected chi connectivity index (χ2v) is 5.66. The van der Waals surface area contributed by atoms with Crippen LogP contribution >= 0.6 is 15.9 Å². The van der Waals surface area contributed by atoms with E-state index in [1.54, 1.807) is 0 Å². The third-order valence-electron chi connectivity index (χ3n) is 3.37. The molecule has 1 amide bonds. The number of nitrogens with one attached hydrogen (secondary N) is 1. The van der Waals surface area contributed by atoms with E-state index < -0.39 is 0 Å². The molecule has 1 aliphatic heterocycles. The Kier molecular flexibility index (Phi) is 4.78. The molecule has 1 heterocycles. The molecule has 0 spiro atoms. The zero-order valence-corrected chi connectivity index (χ0v) is 12.2. The lowest BCUT2D eigenvalue weighted by atomic mass is 10.1. The molecule has 1 N–H and O–H groups in total. The fourth-order valence-electron chi connectivity index (χ4n) is 2.21. The summed E-state index contributed by atoms with van der Waals surface area (Å²) in [6, 6.07) is 8.36. The quantitative estimate of drug-likeness (QED) is 0.927. The Morgan fingerprint density at radius 3 is 2.83 bits per heavy atom. The molecule has 1 aliphatic rings. The van der Waals surface area contributed by atoms with Gasteiger partial charge in [-0.05, 0) is 37.5 Å².